The highest BCUT2D eigenvalue weighted by Gasteiger charge is 2.45. The Balaban J connectivity index is 1.04. The van der Waals surface area contributed by atoms with E-state index < -0.39 is 23.6 Å². The summed E-state index contributed by atoms with van der Waals surface area (Å²) in [5, 5.41) is 4.22. The first-order valence-electron chi connectivity index (χ1n) is 24.3. The Labute approximate surface area is 409 Å². The lowest BCUT2D eigenvalue weighted by atomic mass is 9.85. The van der Waals surface area contributed by atoms with E-state index in [1.54, 1.807) is 36.4 Å². The summed E-state index contributed by atoms with van der Waals surface area (Å²) < 4.78 is 4.19. The lowest BCUT2D eigenvalue weighted by Crippen LogP contribution is -2.35. The van der Waals surface area contributed by atoms with Crippen LogP contribution >= 0.6 is 0 Å². The molecule has 0 spiro atoms. The molecule has 2 aliphatic rings. The molecule has 11 rings (SSSR count). The Bertz CT molecular complexity index is 3410. The summed E-state index contributed by atoms with van der Waals surface area (Å²) in [4.78, 5) is 62.4. The predicted octanol–water partition coefficient (Wildman–Crippen LogP) is 14.7. The van der Waals surface area contributed by atoms with Gasteiger partial charge in [0.05, 0.1) is 67.1 Å². The average molecular weight is 923 g/mol. The highest BCUT2D eigenvalue weighted by molar-refractivity contribution is 6.40. The molecule has 2 aromatic heterocycles. The van der Waals surface area contributed by atoms with Crippen LogP contribution in [0.5, 0.6) is 0 Å². The van der Waals surface area contributed by atoms with Crippen molar-refractivity contribution in [1.82, 2.24) is 9.13 Å². The number of hydrogen-bond acceptors (Lipinski definition) is 4. The van der Waals surface area contributed by atoms with Crippen molar-refractivity contribution in [3.05, 3.63) is 178 Å². The second-order valence-electron chi connectivity index (χ2n) is 23.4. The van der Waals surface area contributed by atoms with Gasteiger partial charge in [0.15, 0.2) is 0 Å². The van der Waals surface area contributed by atoms with Gasteiger partial charge < -0.3 is 9.13 Å². The van der Waals surface area contributed by atoms with Gasteiger partial charge in [0.2, 0.25) is 0 Å². The largest absolute Gasteiger partial charge is 0.308 e. The minimum atomic E-state index is -0.539. The molecule has 4 amide bonds. The van der Waals surface area contributed by atoms with E-state index in [2.05, 4.69) is 165 Å². The second kappa shape index (κ2) is 15.0. The number of carbonyl (C=O) groups excluding carboxylic acids is 4. The molecule has 2 aliphatic heterocycles. The van der Waals surface area contributed by atoms with Gasteiger partial charge >= 0.3 is 0 Å². The van der Waals surface area contributed by atoms with Gasteiger partial charge in [-0.2, -0.15) is 0 Å². The lowest BCUT2D eigenvalue weighted by molar-refractivity contribution is 0.0904. The van der Waals surface area contributed by atoms with Crippen molar-refractivity contribution in [3.8, 4) is 11.4 Å². The van der Waals surface area contributed by atoms with Gasteiger partial charge in [0.25, 0.3) is 23.6 Å². The molecule has 70 heavy (non-hydrogen) atoms. The van der Waals surface area contributed by atoms with Crippen molar-refractivity contribution in [3.63, 3.8) is 0 Å². The van der Waals surface area contributed by atoms with Crippen molar-refractivity contribution >= 4 is 78.6 Å². The molecule has 0 atom stereocenters. The summed E-state index contributed by atoms with van der Waals surface area (Å²) in [6, 6.07) is 43.5. The quantitative estimate of drug-likeness (QED) is 0.165. The molecule has 0 N–H and O–H groups in total. The second-order valence-corrected chi connectivity index (χ2v) is 23.4. The summed E-state index contributed by atoms with van der Waals surface area (Å²) in [6.07, 6.45) is 0. The van der Waals surface area contributed by atoms with Crippen LogP contribution in [-0.4, -0.2) is 32.8 Å². The molecule has 0 saturated heterocycles. The maximum Gasteiger partial charge on any atom is 0.268 e. The number of rotatable bonds is 4. The first-order chi connectivity index (χ1) is 32.9. The zero-order valence-electron chi connectivity index (χ0n) is 42.1. The van der Waals surface area contributed by atoms with Crippen molar-refractivity contribution in [2.24, 2.45) is 0 Å². The molecule has 0 unspecified atom stereocenters. The molecule has 8 heteroatoms. The van der Waals surface area contributed by atoms with E-state index in [4.69, 9.17) is 0 Å². The van der Waals surface area contributed by atoms with Crippen LogP contribution in [0.1, 0.15) is 147 Å². The van der Waals surface area contributed by atoms with Crippen LogP contribution in [0.2, 0.25) is 0 Å². The summed E-state index contributed by atoms with van der Waals surface area (Å²) in [5.74, 6) is -2.15. The Hall–Kier alpha value is -7.58. The molecular weight excluding hydrogens is 865 g/mol. The molecule has 9 aromatic rings. The van der Waals surface area contributed by atoms with Gasteiger partial charge in [-0.3, -0.25) is 19.2 Å². The van der Waals surface area contributed by atoms with E-state index in [-0.39, 0.29) is 55.3 Å². The van der Waals surface area contributed by atoms with Crippen molar-refractivity contribution in [2.75, 3.05) is 9.80 Å². The van der Waals surface area contributed by atoms with Gasteiger partial charge in [-0.15, -0.1) is 0 Å². The van der Waals surface area contributed by atoms with E-state index in [0.717, 1.165) is 53.4 Å². The number of amides is 4. The molecule has 0 aliphatic carbocycles. The first kappa shape index (κ1) is 44.9. The average Bonchev–Trinajstić information content (AvgIpc) is 3.98. The lowest BCUT2D eigenvalue weighted by Gasteiger charge is -2.23. The predicted molar refractivity (Wildman–Crippen MR) is 285 cm³/mol. The molecular formula is C62H58N4O4. The molecule has 0 radical (unpaired) electrons. The third kappa shape index (κ3) is 6.63. The molecule has 350 valence electrons. The minimum Gasteiger partial charge on any atom is -0.308 e. The first-order valence-corrected chi connectivity index (χ1v) is 24.3. The maximum absolute atomic E-state index is 15.2. The Morgan fingerprint density at radius 3 is 0.843 bits per heavy atom. The molecule has 0 fully saturated rings. The monoisotopic (exact) mass is 922 g/mol. The number of nitrogens with zero attached hydrogens (tertiary/aromatic N) is 4. The van der Waals surface area contributed by atoms with Gasteiger partial charge in [-0.1, -0.05) is 132 Å². The number of aromatic nitrogens is 2. The van der Waals surface area contributed by atoms with E-state index in [1.165, 1.54) is 22.3 Å². The Morgan fingerprint density at radius 1 is 0.300 bits per heavy atom. The fourth-order valence-electron chi connectivity index (χ4n) is 10.6. The number of imide groups is 2. The van der Waals surface area contributed by atoms with Crippen LogP contribution in [0.25, 0.3) is 55.0 Å². The van der Waals surface area contributed by atoms with Crippen LogP contribution < -0.4 is 9.80 Å². The normalized spacial score (nSPS) is 14.6. The highest BCUT2D eigenvalue weighted by Crippen LogP contribution is 2.45. The minimum absolute atomic E-state index is 0.104. The van der Waals surface area contributed by atoms with Crippen LogP contribution in [0, 0.1) is 0 Å². The summed E-state index contributed by atoms with van der Waals surface area (Å²) in [5.41, 5.74) is 10.4. The fourth-order valence-corrected chi connectivity index (χ4v) is 10.6. The number of anilines is 2. The molecule has 7 aromatic carbocycles. The van der Waals surface area contributed by atoms with Crippen molar-refractivity contribution in [1.29, 1.82) is 0 Å². The van der Waals surface area contributed by atoms with Crippen molar-refractivity contribution in [2.45, 2.75) is 105 Å². The van der Waals surface area contributed by atoms with Gasteiger partial charge in [-0.05, 0) is 129 Å². The highest BCUT2D eigenvalue weighted by atomic mass is 16.2. The zero-order chi connectivity index (χ0) is 49.7. The smallest absolute Gasteiger partial charge is 0.268 e. The number of carbonyl (C=O) groups is 4. The molecule has 0 bridgehead atoms. The van der Waals surface area contributed by atoms with Crippen LogP contribution in [0.3, 0.4) is 0 Å². The van der Waals surface area contributed by atoms with Gasteiger partial charge in [0, 0.05) is 21.5 Å². The number of fused-ring (bicyclic) bond motifs is 8. The molecule has 0 saturated carbocycles. The summed E-state index contributed by atoms with van der Waals surface area (Å²) in [7, 11) is 0. The Morgan fingerprint density at radius 2 is 0.571 bits per heavy atom. The van der Waals surface area contributed by atoms with Gasteiger partial charge in [-0.25, -0.2) is 9.80 Å². The van der Waals surface area contributed by atoms with Crippen LogP contribution in [-0.2, 0) is 21.7 Å². The number of hydrogen-bond donors (Lipinski definition) is 0. The zero-order valence-corrected chi connectivity index (χ0v) is 42.1. The third-order valence-corrected chi connectivity index (χ3v) is 14.6. The standard InChI is InChI=1S/C62H58N4O4/c1-59(2,3)35-23-27-45-41(31-35)42-32-36(60(4,5)6)24-28-46(42)63(45)51-21-15-17-39-53(51)57(69)65(55(39)67)49-19-13-14-20-50(49)66-56(68)40-18-16-22-52(54(40)58(66)70)64-47-29-25-37(61(7,8)9)33-43(47)44-34-38(62(10,11)12)26-30-48(44)64/h13-34H,1-12H3. The number of para-hydroxylation sites is 2. The van der Waals surface area contributed by atoms with E-state index in [9.17, 15) is 9.59 Å². The topological polar surface area (TPSA) is 84.6 Å². The van der Waals surface area contributed by atoms with E-state index >= 15 is 9.59 Å². The summed E-state index contributed by atoms with van der Waals surface area (Å²) >= 11 is 0. The van der Waals surface area contributed by atoms with Crippen molar-refractivity contribution < 1.29 is 19.2 Å². The third-order valence-electron chi connectivity index (χ3n) is 14.6. The van der Waals surface area contributed by atoms with E-state index in [0.29, 0.717) is 11.4 Å². The number of benzene rings is 7. The van der Waals surface area contributed by atoms with E-state index in [1.807, 2.05) is 24.3 Å². The molecule has 4 heterocycles. The molecule has 8 nitrogen and oxygen atoms in total. The summed E-state index contributed by atoms with van der Waals surface area (Å²) in [6.45, 7) is 26.4. The van der Waals surface area contributed by atoms with Crippen LogP contribution in [0.4, 0.5) is 11.4 Å². The SMILES string of the molecule is CC(C)(C)c1ccc2c(c1)c1cc(C(C)(C)C)ccc1n2-c1cccc2c1C(=O)N(c1ccccc1N1C(=O)c3cccc(-n4c5ccc(C(C)(C)C)cc5c5cc(C(C)(C)C)ccc54)c3C1=O)C2=O. The van der Waals surface area contributed by atoms with Crippen LogP contribution in [0.15, 0.2) is 133 Å². The van der Waals surface area contributed by atoms with Gasteiger partial charge in [0.1, 0.15) is 0 Å². The maximum atomic E-state index is 15.2. The fraction of sp³-hybridized carbons (Fsp3) is 0.258. The Kier molecular flexibility index (Phi) is 9.60.